The highest BCUT2D eigenvalue weighted by Gasteiger charge is 2.14. The fraction of sp³-hybridized carbons (Fsp3) is 0.261. The minimum atomic E-state index is 0.311. The lowest BCUT2D eigenvalue weighted by molar-refractivity contribution is 0.291. The van der Waals surface area contributed by atoms with Crippen LogP contribution in [-0.2, 0) is 6.54 Å². The highest BCUT2D eigenvalue weighted by molar-refractivity contribution is 6.30. The number of aromatic hydroxyl groups is 1. The third kappa shape index (κ3) is 4.83. The van der Waals surface area contributed by atoms with Crippen LogP contribution < -0.4 is 5.32 Å². The molecule has 0 atom stereocenters. The quantitative estimate of drug-likeness (QED) is 0.481. The van der Waals surface area contributed by atoms with Gasteiger partial charge in [-0.05, 0) is 62.0 Å². The molecule has 0 fully saturated rings. The molecule has 146 valence electrons. The number of phenols is 1. The zero-order chi connectivity index (χ0) is 20.1. The van der Waals surface area contributed by atoms with E-state index in [1.165, 1.54) is 0 Å². The van der Waals surface area contributed by atoms with Gasteiger partial charge in [-0.2, -0.15) is 0 Å². The second-order valence-electron chi connectivity index (χ2n) is 6.81. The first kappa shape index (κ1) is 20.2. The Labute approximate surface area is 171 Å². The van der Waals surface area contributed by atoms with Crippen molar-refractivity contribution >= 4 is 23.0 Å². The summed E-state index contributed by atoms with van der Waals surface area (Å²) in [6, 6.07) is 15.5. The molecular weight excluding hydrogens is 370 g/mol. The summed E-state index contributed by atoms with van der Waals surface area (Å²) in [4.78, 5) is 6.53. The Hall–Kier alpha value is -2.56. The van der Waals surface area contributed by atoms with Gasteiger partial charge >= 0.3 is 0 Å². The molecule has 0 saturated heterocycles. The zero-order valence-electron chi connectivity index (χ0n) is 16.5. The molecule has 2 N–H and O–H groups in total. The summed E-state index contributed by atoms with van der Waals surface area (Å²) < 4.78 is 0. The van der Waals surface area contributed by atoms with E-state index >= 15 is 0 Å². The molecule has 0 bridgehead atoms. The molecule has 5 heteroatoms. The Balaban J connectivity index is 2.05. The summed E-state index contributed by atoms with van der Waals surface area (Å²) >= 11 is 6.04. The number of phenolic OH excluding ortho intramolecular Hbond substituents is 1. The molecule has 1 aromatic heterocycles. The van der Waals surface area contributed by atoms with E-state index in [9.17, 15) is 5.11 Å². The van der Waals surface area contributed by atoms with E-state index in [1.807, 2.05) is 55.5 Å². The van der Waals surface area contributed by atoms with Crippen molar-refractivity contribution in [2.75, 3.05) is 18.4 Å². The topological polar surface area (TPSA) is 48.4 Å². The predicted octanol–water partition coefficient (Wildman–Crippen LogP) is 6.00. The lowest BCUT2D eigenvalue weighted by Crippen LogP contribution is -2.22. The molecular formula is C23H26ClN3O. The van der Waals surface area contributed by atoms with Gasteiger partial charge in [0.15, 0.2) is 0 Å². The van der Waals surface area contributed by atoms with Crippen LogP contribution in [0.5, 0.6) is 5.75 Å². The molecule has 3 aromatic rings. The third-order valence-electron chi connectivity index (χ3n) is 4.82. The first-order valence-corrected chi connectivity index (χ1v) is 9.91. The van der Waals surface area contributed by atoms with E-state index in [4.69, 9.17) is 11.6 Å². The van der Waals surface area contributed by atoms with Gasteiger partial charge in [0.2, 0.25) is 0 Å². The van der Waals surface area contributed by atoms with Crippen molar-refractivity contribution in [2.24, 2.45) is 0 Å². The Morgan fingerprint density at radius 1 is 1.00 bits per heavy atom. The fourth-order valence-electron chi connectivity index (χ4n) is 3.21. The second-order valence-corrected chi connectivity index (χ2v) is 7.25. The minimum Gasteiger partial charge on any atom is -0.507 e. The number of halogens is 1. The van der Waals surface area contributed by atoms with Crippen LogP contribution in [-0.4, -0.2) is 28.1 Å². The second kappa shape index (κ2) is 9.09. The predicted molar refractivity (Wildman–Crippen MR) is 117 cm³/mol. The lowest BCUT2D eigenvalue weighted by atomic mass is 9.99. The average molecular weight is 396 g/mol. The van der Waals surface area contributed by atoms with Gasteiger partial charge in [-0.25, -0.2) is 0 Å². The molecule has 1 heterocycles. The van der Waals surface area contributed by atoms with Gasteiger partial charge in [0.1, 0.15) is 5.75 Å². The highest BCUT2D eigenvalue weighted by Crippen LogP contribution is 2.37. The number of aryl methyl sites for hydroxylation is 1. The van der Waals surface area contributed by atoms with E-state index in [0.29, 0.717) is 17.3 Å². The lowest BCUT2D eigenvalue weighted by Gasteiger charge is -2.21. The van der Waals surface area contributed by atoms with Crippen LogP contribution in [0.1, 0.15) is 25.1 Å². The zero-order valence-corrected chi connectivity index (χ0v) is 17.3. The summed E-state index contributed by atoms with van der Waals surface area (Å²) in [7, 11) is 0. The van der Waals surface area contributed by atoms with Crippen molar-refractivity contribution in [3.8, 4) is 16.9 Å². The van der Waals surface area contributed by atoms with Crippen LogP contribution in [0.2, 0.25) is 5.02 Å². The van der Waals surface area contributed by atoms with Crippen LogP contribution in [0.3, 0.4) is 0 Å². The number of hydrogen-bond acceptors (Lipinski definition) is 4. The summed E-state index contributed by atoms with van der Waals surface area (Å²) in [6.07, 6.45) is 1.79. The van der Waals surface area contributed by atoms with Crippen molar-refractivity contribution in [3.05, 3.63) is 71.0 Å². The number of nitrogens with one attached hydrogen (secondary N) is 1. The number of aromatic nitrogens is 1. The molecule has 0 aliphatic rings. The van der Waals surface area contributed by atoms with Gasteiger partial charge < -0.3 is 10.4 Å². The maximum absolute atomic E-state index is 11.0. The maximum Gasteiger partial charge on any atom is 0.128 e. The van der Waals surface area contributed by atoms with E-state index in [1.54, 1.807) is 6.20 Å². The van der Waals surface area contributed by atoms with Crippen molar-refractivity contribution in [3.63, 3.8) is 0 Å². The highest BCUT2D eigenvalue weighted by atomic mass is 35.5. The molecule has 0 spiro atoms. The Morgan fingerprint density at radius 3 is 2.36 bits per heavy atom. The van der Waals surface area contributed by atoms with E-state index in [-0.39, 0.29) is 0 Å². The molecule has 0 saturated carbocycles. The summed E-state index contributed by atoms with van der Waals surface area (Å²) in [5, 5.41) is 15.1. The monoisotopic (exact) mass is 395 g/mol. The number of anilines is 2. The van der Waals surface area contributed by atoms with E-state index < -0.39 is 0 Å². The molecule has 0 aliphatic heterocycles. The largest absolute Gasteiger partial charge is 0.507 e. The normalized spacial score (nSPS) is 11.0. The van der Waals surface area contributed by atoms with E-state index in [0.717, 1.165) is 46.8 Å². The fourth-order valence-corrected chi connectivity index (χ4v) is 3.34. The minimum absolute atomic E-state index is 0.311. The number of rotatable bonds is 7. The van der Waals surface area contributed by atoms with Gasteiger partial charge in [0, 0.05) is 46.0 Å². The summed E-state index contributed by atoms with van der Waals surface area (Å²) in [6.45, 7) is 8.75. The first-order chi connectivity index (χ1) is 13.5. The molecule has 2 aromatic carbocycles. The third-order valence-corrected chi connectivity index (χ3v) is 5.07. The standard InChI is InChI=1S/C23H26ClN3O/c1-4-27(5-2)15-18-13-21(26-20-10-11-25-16(3)12-20)14-22(23(18)28)17-6-8-19(24)9-7-17/h6-14,28H,4-5,15H2,1-3H3,(H,25,26). The van der Waals surface area contributed by atoms with Crippen molar-refractivity contribution in [1.29, 1.82) is 0 Å². The molecule has 28 heavy (non-hydrogen) atoms. The van der Waals surface area contributed by atoms with Crippen molar-refractivity contribution in [2.45, 2.75) is 27.3 Å². The Morgan fingerprint density at radius 2 is 1.71 bits per heavy atom. The van der Waals surface area contributed by atoms with Crippen LogP contribution in [0.15, 0.2) is 54.7 Å². The van der Waals surface area contributed by atoms with Crippen LogP contribution in [0.4, 0.5) is 11.4 Å². The molecule has 0 radical (unpaired) electrons. The molecule has 3 rings (SSSR count). The van der Waals surface area contributed by atoms with Gasteiger partial charge in [0.05, 0.1) is 0 Å². The van der Waals surface area contributed by atoms with Crippen LogP contribution >= 0.6 is 11.6 Å². The number of nitrogens with zero attached hydrogens (tertiary/aromatic N) is 2. The van der Waals surface area contributed by atoms with Crippen LogP contribution in [0.25, 0.3) is 11.1 Å². The first-order valence-electron chi connectivity index (χ1n) is 9.54. The van der Waals surface area contributed by atoms with Gasteiger partial charge in [-0.3, -0.25) is 9.88 Å². The Bertz CT molecular complexity index is 937. The molecule has 0 aliphatic carbocycles. The van der Waals surface area contributed by atoms with Gasteiger partial charge in [0.25, 0.3) is 0 Å². The smallest absolute Gasteiger partial charge is 0.128 e. The number of hydrogen-bond donors (Lipinski definition) is 2. The molecule has 4 nitrogen and oxygen atoms in total. The van der Waals surface area contributed by atoms with Crippen molar-refractivity contribution in [1.82, 2.24) is 9.88 Å². The van der Waals surface area contributed by atoms with Gasteiger partial charge in [-0.15, -0.1) is 0 Å². The van der Waals surface area contributed by atoms with Gasteiger partial charge in [-0.1, -0.05) is 37.6 Å². The molecule has 0 amide bonds. The average Bonchev–Trinajstić information content (AvgIpc) is 2.69. The summed E-state index contributed by atoms with van der Waals surface area (Å²) in [5.74, 6) is 0.311. The van der Waals surface area contributed by atoms with Crippen LogP contribution in [0, 0.1) is 6.92 Å². The van der Waals surface area contributed by atoms with E-state index in [2.05, 4.69) is 29.0 Å². The van der Waals surface area contributed by atoms with Crippen molar-refractivity contribution < 1.29 is 5.11 Å². The summed E-state index contributed by atoms with van der Waals surface area (Å²) in [5.41, 5.74) is 5.45. The Kier molecular flexibility index (Phi) is 6.55. The number of benzene rings is 2. The molecule has 0 unspecified atom stereocenters. The SMILES string of the molecule is CCN(CC)Cc1cc(Nc2ccnc(C)c2)cc(-c2ccc(Cl)cc2)c1O. The number of pyridine rings is 1. The maximum atomic E-state index is 11.0.